The summed E-state index contributed by atoms with van der Waals surface area (Å²) in [7, 11) is 1.80. The molecule has 2 N–H and O–H groups in total. The number of carbonyl (C=O) groups excluding carboxylic acids is 2. The average Bonchev–Trinajstić information content (AvgIpc) is 3.09. The SMILES string of the molecule is CN(C(=O)OCc1ccccc1)C1CCc2[nH]c3ccc(NC=O)cc3c2C1. The summed E-state index contributed by atoms with van der Waals surface area (Å²) in [6.45, 7) is 0.274. The van der Waals surface area contributed by atoms with Gasteiger partial charge in [-0.1, -0.05) is 30.3 Å². The molecule has 0 saturated carbocycles. The lowest BCUT2D eigenvalue weighted by Gasteiger charge is -2.30. The highest BCUT2D eigenvalue weighted by molar-refractivity contribution is 5.90. The van der Waals surface area contributed by atoms with Gasteiger partial charge in [0.25, 0.3) is 0 Å². The number of H-pyrrole nitrogens is 1. The van der Waals surface area contributed by atoms with E-state index in [0.29, 0.717) is 6.41 Å². The first-order chi connectivity index (χ1) is 13.7. The summed E-state index contributed by atoms with van der Waals surface area (Å²) in [5.74, 6) is 0. The number of hydrogen-bond donors (Lipinski definition) is 2. The van der Waals surface area contributed by atoms with Gasteiger partial charge in [-0.3, -0.25) is 4.79 Å². The Balaban J connectivity index is 1.47. The number of amides is 2. The lowest BCUT2D eigenvalue weighted by atomic mass is 9.90. The molecule has 6 heteroatoms. The summed E-state index contributed by atoms with van der Waals surface area (Å²) in [4.78, 5) is 28.4. The average molecular weight is 377 g/mol. The molecule has 0 aliphatic heterocycles. The van der Waals surface area contributed by atoms with E-state index in [1.54, 1.807) is 11.9 Å². The minimum Gasteiger partial charge on any atom is -0.445 e. The van der Waals surface area contributed by atoms with E-state index in [1.165, 1.54) is 11.3 Å². The van der Waals surface area contributed by atoms with Crippen molar-refractivity contribution in [3.63, 3.8) is 0 Å². The van der Waals surface area contributed by atoms with E-state index in [9.17, 15) is 9.59 Å². The molecular weight excluding hydrogens is 354 g/mol. The van der Waals surface area contributed by atoms with Gasteiger partial charge in [0.1, 0.15) is 6.61 Å². The first-order valence-electron chi connectivity index (χ1n) is 9.43. The summed E-state index contributed by atoms with van der Waals surface area (Å²) >= 11 is 0. The molecule has 144 valence electrons. The molecule has 0 bridgehead atoms. The van der Waals surface area contributed by atoms with Crippen LogP contribution < -0.4 is 5.32 Å². The Morgan fingerprint density at radius 2 is 2.11 bits per heavy atom. The molecular formula is C22H23N3O3. The number of hydrogen-bond acceptors (Lipinski definition) is 3. The molecule has 6 nitrogen and oxygen atoms in total. The van der Waals surface area contributed by atoms with Crippen LogP contribution in [0.2, 0.25) is 0 Å². The monoisotopic (exact) mass is 377 g/mol. The van der Waals surface area contributed by atoms with Crippen LogP contribution in [0.3, 0.4) is 0 Å². The predicted octanol–water partition coefficient (Wildman–Crippen LogP) is 3.86. The second-order valence-corrected chi connectivity index (χ2v) is 7.15. The number of aryl methyl sites for hydroxylation is 1. The van der Waals surface area contributed by atoms with Crippen molar-refractivity contribution >= 4 is 29.1 Å². The Morgan fingerprint density at radius 3 is 2.89 bits per heavy atom. The van der Waals surface area contributed by atoms with Crippen LogP contribution >= 0.6 is 0 Å². The normalized spacial score (nSPS) is 15.7. The Labute approximate surface area is 163 Å². The highest BCUT2D eigenvalue weighted by Gasteiger charge is 2.28. The van der Waals surface area contributed by atoms with Crippen LogP contribution in [-0.2, 0) is 29.0 Å². The number of aromatic amines is 1. The van der Waals surface area contributed by atoms with Gasteiger partial charge in [0, 0.05) is 35.4 Å². The number of rotatable bonds is 5. The number of ether oxygens (including phenoxy) is 1. The fraction of sp³-hybridized carbons (Fsp3) is 0.273. The number of anilines is 1. The molecule has 4 rings (SSSR count). The van der Waals surface area contributed by atoms with Crippen molar-refractivity contribution in [3.05, 3.63) is 65.4 Å². The maximum absolute atomic E-state index is 12.5. The standard InChI is InChI=1S/C22H23N3O3/c1-25(22(27)28-13-15-5-3-2-4-6-15)17-8-10-21-19(12-17)18-11-16(23-14-26)7-9-20(18)24-21/h2-7,9,11,14,17,24H,8,10,12-13H2,1H3,(H,23,26). The van der Waals surface area contributed by atoms with E-state index < -0.39 is 0 Å². The second kappa shape index (κ2) is 7.76. The second-order valence-electron chi connectivity index (χ2n) is 7.15. The summed E-state index contributed by atoms with van der Waals surface area (Å²) in [5.41, 5.74) is 5.21. The van der Waals surface area contributed by atoms with Gasteiger partial charge in [0.15, 0.2) is 0 Å². The summed E-state index contributed by atoms with van der Waals surface area (Å²) in [6, 6.07) is 15.6. The fourth-order valence-electron chi connectivity index (χ4n) is 3.86. The lowest BCUT2D eigenvalue weighted by molar-refractivity contribution is -0.105. The molecule has 0 spiro atoms. The molecule has 3 aromatic rings. The van der Waals surface area contributed by atoms with Crippen molar-refractivity contribution in [1.82, 2.24) is 9.88 Å². The molecule has 1 aromatic heterocycles. The van der Waals surface area contributed by atoms with Crippen LogP contribution in [0.15, 0.2) is 48.5 Å². The smallest absolute Gasteiger partial charge is 0.410 e. The van der Waals surface area contributed by atoms with Gasteiger partial charge in [-0.2, -0.15) is 0 Å². The van der Waals surface area contributed by atoms with E-state index in [0.717, 1.165) is 41.4 Å². The van der Waals surface area contributed by atoms with Gasteiger partial charge in [-0.25, -0.2) is 4.79 Å². The van der Waals surface area contributed by atoms with Gasteiger partial charge in [0.05, 0.1) is 0 Å². The largest absolute Gasteiger partial charge is 0.445 e. The Morgan fingerprint density at radius 1 is 1.29 bits per heavy atom. The number of benzene rings is 2. The number of aromatic nitrogens is 1. The molecule has 1 unspecified atom stereocenters. The Kier molecular flexibility index (Phi) is 5.02. The Hall–Kier alpha value is -3.28. The first-order valence-corrected chi connectivity index (χ1v) is 9.43. The van der Waals surface area contributed by atoms with E-state index in [1.807, 2.05) is 48.5 Å². The first kappa shape index (κ1) is 18.1. The van der Waals surface area contributed by atoms with Crippen LogP contribution in [0.4, 0.5) is 10.5 Å². The van der Waals surface area contributed by atoms with Gasteiger partial charge in [-0.05, 0) is 48.6 Å². The van der Waals surface area contributed by atoms with Crippen molar-refractivity contribution < 1.29 is 14.3 Å². The highest BCUT2D eigenvalue weighted by atomic mass is 16.6. The zero-order chi connectivity index (χ0) is 19.5. The molecule has 1 aliphatic rings. The summed E-state index contributed by atoms with van der Waals surface area (Å²) in [6.07, 6.45) is 2.90. The van der Waals surface area contributed by atoms with Crippen LogP contribution in [0.5, 0.6) is 0 Å². The predicted molar refractivity (Wildman–Crippen MR) is 108 cm³/mol. The van der Waals surface area contributed by atoms with Crippen molar-refractivity contribution in [3.8, 4) is 0 Å². The highest BCUT2D eigenvalue weighted by Crippen LogP contribution is 2.32. The zero-order valence-corrected chi connectivity index (χ0v) is 15.8. The third-order valence-electron chi connectivity index (χ3n) is 5.43. The molecule has 1 atom stereocenters. The van der Waals surface area contributed by atoms with Crippen molar-refractivity contribution in [1.29, 1.82) is 0 Å². The molecule has 1 heterocycles. The van der Waals surface area contributed by atoms with Gasteiger partial charge in [0.2, 0.25) is 6.41 Å². The number of nitrogens with zero attached hydrogens (tertiary/aromatic N) is 1. The van der Waals surface area contributed by atoms with Gasteiger partial charge < -0.3 is 19.9 Å². The van der Waals surface area contributed by atoms with E-state index in [4.69, 9.17) is 4.74 Å². The maximum atomic E-state index is 12.5. The fourth-order valence-corrected chi connectivity index (χ4v) is 3.86. The van der Waals surface area contributed by atoms with E-state index in [2.05, 4.69) is 10.3 Å². The zero-order valence-electron chi connectivity index (χ0n) is 15.8. The molecule has 2 amide bonds. The topological polar surface area (TPSA) is 74.4 Å². The van der Waals surface area contributed by atoms with Gasteiger partial charge >= 0.3 is 6.09 Å². The maximum Gasteiger partial charge on any atom is 0.410 e. The molecule has 0 radical (unpaired) electrons. The minimum absolute atomic E-state index is 0.0810. The van der Waals surface area contributed by atoms with Crippen LogP contribution in [-0.4, -0.2) is 35.5 Å². The van der Waals surface area contributed by atoms with Crippen LogP contribution in [0.25, 0.3) is 10.9 Å². The number of carbonyl (C=O) groups is 2. The summed E-state index contributed by atoms with van der Waals surface area (Å²) < 4.78 is 5.48. The van der Waals surface area contributed by atoms with Crippen molar-refractivity contribution in [2.45, 2.75) is 31.9 Å². The Bertz CT molecular complexity index is 997. The van der Waals surface area contributed by atoms with Gasteiger partial charge in [-0.15, -0.1) is 0 Å². The number of nitrogens with one attached hydrogen (secondary N) is 2. The molecule has 28 heavy (non-hydrogen) atoms. The quantitative estimate of drug-likeness (QED) is 0.663. The van der Waals surface area contributed by atoms with Crippen molar-refractivity contribution in [2.75, 3.05) is 12.4 Å². The van der Waals surface area contributed by atoms with E-state index in [-0.39, 0.29) is 18.7 Å². The molecule has 2 aromatic carbocycles. The lowest BCUT2D eigenvalue weighted by Crippen LogP contribution is -2.40. The number of fused-ring (bicyclic) bond motifs is 3. The van der Waals surface area contributed by atoms with Crippen molar-refractivity contribution in [2.24, 2.45) is 0 Å². The third-order valence-corrected chi connectivity index (χ3v) is 5.43. The third kappa shape index (κ3) is 3.58. The van der Waals surface area contributed by atoms with Crippen LogP contribution in [0, 0.1) is 0 Å². The molecule has 1 aliphatic carbocycles. The number of likely N-dealkylation sites (N-methyl/N-ethyl adjacent to an activating group) is 1. The molecule has 0 fully saturated rings. The summed E-state index contributed by atoms with van der Waals surface area (Å²) in [5, 5.41) is 3.80. The molecule has 0 saturated heterocycles. The minimum atomic E-state index is -0.305. The van der Waals surface area contributed by atoms with Crippen LogP contribution in [0.1, 0.15) is 23.2 Å². The van der Waals surface area contributed by atoms with E-state index >= 15 is 0 Å².